The fraction of sp³-hybridized carbons (Fsp3) is 0.0909. The number of aliphatic imine (C=N–C) groups is 1. The summed E-state index contributed by atoms with van der Waals surface area (Å²) in [5.41, 5.74) is 3.88. The van der Waals surface area contributed by atoms with Crippen LogP contribution < -0.4 is 15.2 Å². The maximum atomic E-state index is 11.4. The van der Waals surface area contributed by atoms with E-state index in [1.54, 1.807) is 13.3 Å². The van der Waals surface area contributed by atoms with Crippen LogP contribution in [0.2, 0.25) is 0 Å². The van der Waals surface area contributed by atoms with Crippen LogP contribution in [0.5, 0.6) is 11.5 Å². The van der Waals surface area contributed by atoms with Gasteiger partial charge >= 0.3 is 5.69 Å². The fourth-order valence-electron chi connectivity index (χ4n) is 2.93. The molecule has 0 fully saturated rings. The van der Waals surface area contributed by atoms with E-state index in [2.05, 4.69) is 30.9 Å². The second-order valence-corrected chi connectivity index (χ2v) is 7.23. The molecular formula is C22H18BrN3O3. The first-order valence-electron chi connectivity index (χ1n) is 8.93. The number of hydrogen-bond donors (Lipinski definition) is 2. The summed E-state index contributed by atoms with van der Waals surface area (Å²) in [6, 6.07) is 19.2. The van der Waals surface area contributed by atoms with Gasteiger partial charge in [-0.25, -0.2) is 4.79 Å². The average molecular weight is 452 g/mol. The highest BCUT2D eigenvalue weighted by Gasteiger charge is 2.11. The zero-order chi connectivity index (χ0) is 20.2. The van der Waals surface area contributed by atoms with Crippen LogP contribution in [0.25, 0.3) is 11.0 Å². The van der Waals surface area contributed by atoms with Crippen LogP contribution in [0.4, 0.5) is 5.69 Å². The van der Waals surface area contributed by atoms with Crippen molar-refractivity contribution in [3.8, 4) is 11.5 Å². The Balaban J connectivity index is 1.56. The SMILES string of the molecule is COc1cc(C=Nc2ccc3[nH]c(=O)[nH]c3c2)cc(Br)c1OCc1ccccc1. The normalized spacial score (nSPS) is 11.2. The number of H-pyrrole nitrogens is 2. The van der Waals surface area contributed by atoms with Crippen molar-refractivity contribution < 1.29 is 9.47 Å². The van der Waals surface area contributed by atoms with E-state index in [1.807, 2.05) is 60.7 Å². The van der Waals surface area contributed by atoms with Crippen LogP contribution >= 0.6 is 15.9 Å². The quantitative estimate of drug-likeness (QED) is 0.406. The molecule has 0 radical (unpaired) electrons. The molecule has 29 heavy (non-hydrogen) atoms. The summed E-state index contributed by atoms with van der Waals surface area (Å²) in [5.74, 6) is 1.25. The minimum absolute atomic E-state index is 0.235. The minimum atomic E-state index is -0.235. The summed E-state index contributed by atoms with van der Waals surface area (Å²) in [5, 5.41) is 0. The summed E-state index contributed by atoms with van der Waals surface area (Å²) in [4.78, 5) is 21.3. The predicted molar refractivity (Wildman–Crippen MR) is 118 cm³/mol. The van der Waals surface area contributed by atoms with Crippen LogP contribution in [0.3, 0.4) is 0 Å². The molecule has 0 unspecified atom stereocenters. The van der Waals surface area contributed by atoms with Gasteiger partial charge in [0, 0.05) is 6.21 Å². The molecule has 3 aromatic carbocycles. The van der Waals surface area contributed by atoms with Crippen LogP contribution in [0.1, 0.15) is 11.1 Å². The smallest absolute Gasteiger partial charge is 0.323 e. The second kappa shape index (κ2) is 8.36. The van der Waals surface area contributed by atoms with Gasteiger partial charge in [-0.15, -0.1) is 0 Å². The molecule has 146 valence electrons. The van der Waals surface area contributed by atoms with E-state index in [1.165, 1.54) is 0 Å². The Morgan fingerprint density at radius 3 is 2.62 bits per heavy atom. The number of aromatic nitrogens is 2. The van der Waals surface area contributed by atoms with Gasteiger partial charge in [0.05, 0.1) is 28.3 Å². The summed E-state index contributed by atoms with van der Waals surface area (Å²) >= 11 is 3.56. The third kappa shape index (κ3) is 4.41. The van der Waals surface area contributed by atoms with E-state index in [-0.39, 0.29) is 5.69 Å². The van der Waals surface area contributed by atoms with Gasteiger partial charge < -0.3 is 19.4 Å². The van der Waals surface area contributed by atoms with Crippen molar-refractivity contribution in [2.75, 3.05) is 7.11 Å². The topological polar surface area (TPSA) is 79.5 Å². The number of ether oxygens (including phenoxy) is 2. The van der Waals surface area contributed by atoms with Gasteiger partial charge in [0.15, 0.2) is 11.5 Å². The van der Waals surface area contributed by atoms with Crippen LogP contribution in [0.15, 0.2) is 74.9 Å². The maximum Gasteiger partial charge on any atom is 0.323 e. The van der Waals surface area contributed by atoms with E-state index in [4.69, 9.17) is 9.47 Å². The third-order valence-corrected chi connectivity index (χ3v) is 4.93. The Labute approximate surface area is 175 Å². The van der Waals surface area contributed by atoms with Crippen molar-refractivity contribution in [1.29, 1.82) is 0 Å². The molecule has 0 atom stereocenters. The fourth-order valence-corrected chi connectivity index (χ4v) is 3.51. The lowest BCUT2D eigenvalue weighted by Crippen LogP contribution is -1.99. The second-order valence-electron chi connectivity index (χ2n) is 6.38. The standard InChI is InChI=1S/C22H18BrN3O3/c1-28-20-10-15(9-17(23)21(20)29-13-14-5-3-2-4-6-14)12-24-16-7-8-18-19(11-16)26-22(27)25-18/h2-12H,13H2,1H3,(H2,25,26,27). The molecule has 2 N–H and O–H groups in total. The number of nitrogens with one attached hydrogen (secondary N) is 2. The van der Waals surface area contributed by atoms with Crippen molar-refractivity contribution >= 4 is 38.9 Å². The maximum absolute atomic E-state index is 11.4. The molecule has 4 aromatic rings. The first kappa shape index (κ1) is 19.0. The molecule has 0 spiro atoms. The Kier molecular flexibility index (Phi) is 5.48. The van der Waals surface area contributed by atoms with Gasteiger partial charge in [0.2, 0.25) is 0 Å². The van der Waals surface area contributed by atoms with E-state index in [0.717, 1.165) is 26.8 Å². The molecule has 0 aliphatic carbocycles. The van der Waals surface area contributed by atoms with Crippen LogP contribution in [-0.4, -0.2) is 23.3 Å². The van der Waals surface area contributed by atoms with Crippen LogP contribution in [-0.2, 0) is 6.61 Å². The first-order chi connectivity index (χ1) is 14.1. The molecule has 6 nitrogen and oxygen atoms in total. The highest BCUT2D eigenvalue weighted by atomic mass is 79.9. The van der Waals surface area contributed by atoms with Crippen molar-refractivity contribution in [2.45, 2.75) is 6.61 Å². The highest BCUT2D eigenvalue weighted by molar-refractivity contribution is 9.10. The molecule has 0 saturated heterocycles. The molecule has 0 aliphatic rings. The van der Waals surface area contributed by atoms with E-state index in [9.17, 15) is 4.79 Å². The van der Waals surface area contributed by atoms with Crippen LogP contribution in [0, 0.1) is 0 Å². The lowest BCUT2D eigenvalue weighted by molar-refractivity contribution is 0.282. The summed E-state index contributed by atoms with van der Waals surface area (Å²) in [6.07, 6.45) is 1.74. The molecule has 1 aromatic heterocycles. The largest absolute Gasteiger partial charge is 0.493 e. The number of fused-ring (bicyclic) bond motifs is 1. The number of imidazole rings is 1. The van der Waals surface area contributed by atoms with Gasteiger partial charge in [-0.2, -0.15) is 0 Å². The van der Waals surface area contributed by atoms with Gasteiger partial charge in [-0.05, 0) is 57.4 Å². The molecule has 7 heteroatoms. The Morgan fingerprint density at radius 2 is 1.83 bits per heavy atom. The molecular weight excluding hydrogens is 434 g/mol. The number of halogens is 1. The summed E-state index contributed by atoms with van der Waals surface area (Å²) in [7, 11) is 1.61. The summed E-state index contributed by atoms with van der Waals surface area (Å²) < 4.78 is 12.2. The molecule has 1 heterocycles. The molecule has 0 aliphatic heterocycles. The van der Waals surface area contributed by atoms with Crippen molar-refractivity contribution in [1.82, 2.24) is 9.97 Å². The number of aromatic amines is 2. The first-order valence-corrected chi connectivity index (χ1v) is 9.72. The van der Waals surface area contributed by atoms with E-state index >= 15 is 0 Å². The van der Waals surface area contributed by atoms with Crippen molar-refractivity contribution in [2.24, 2.45) is 4.99 Å². The van der Waals surface area contributed by atoms with Gasteiger partial charge in [-0.1, -0.05) is 30.3 Å². The van der Waals surface area contributed by atoms with Gasteiger partial charge in [0.25, 0.3) is 0 Å². The predicted octanol–water partition coefficient (Wildman–Crippen LogP) is 4.96. The van der Waals surface area contributed by atoms with E-state index in [0.29, 0.717) is 23.6 Å². The molecule has 0 amide bonds. The third-order valence-electron chi connectivity index (χ3n) is 4.34. The van der Waals surface area contributed by atoms with Gasteiger partial charge in [-0.3, -0.25) is 4.99 Å². The zero-order valence-corrected chi connectivity index (χ0v) is 17.2. The Morgan fingerprint density at radius 1 is 1.03 bits per heavy atom. The molecule has 4 rings (SSSR count). The zero-order valence-electron chi connectivity index (χ0n) is 15.6. The number of hydrogen-bond acceptors (Lipinski definition) is 4. The number of nitrogens with zero attached hydrogens (tertiary/aromatic N) is 1. The van der Waals surface area contributed by atoms with E-state index < -0.39 is 0 Å². The number of rotatable bonds is 6. The van der Waals surface area contributed by atoms with Crippen molar-refractivity contribution in [3.05, 3.63) is 86.7 Å². The molecule has 0 saturated carbocycles. The summed E-state index contributed by atoms with van der Waals surface area (Å²) in [6.45, 7) is 0.443. The highest BCUT2D eigenvalue weighted by Crippen LogP contribution is 2.37. The average Bonchev–Trinajstić information content (AvgIpc) is 3.11. The van der Waals surface area contributed by atoms with Gasteiger partial charge in [0.1, 0.15) is 6.61 Å². The monoisotopic (exact) mass is 451 g/mol. The minimum Gasteiger partial charge on any atom is -0.493 e. The number of benzene rings is 3. The lowest BCUT2D eigenvalue weighted by atomic mass is 10.2. The van der Waals surface area contributed by atoms with Crippen molar-refractivity contribution in [3.63, 3.8) is 0 Å². The number of methoxy groups -OCH3 is 1. The lowest BCUT2D eigenvalue weighted by Gasteiger charge is -2.13. The Bertz CT molecular complexity index is 1230. The Hall–Kier alpha value is -3.32. The molecule has 0 bridgehead atoms.